The quantitative estimate of drug-likeness (QED) is 0.575. The molecule has 0 rings (SSSR count). The molecule has 0 aliphatic heterocycles. The molecule has 0 saturated carbocycles. The van der Waals surface area contributed by atoms with Crippen molar-refractivity contribution in [1.29, 1.82) is 0 Å². The van der Waals surface area contributed by atoms with E-state index in [2.05, 4.69) is 5.73 Å². The van der Waals surface area contributed by atoms with E-state index >= 15 is 0 Å². The van der Waals surface area contributed by atoms with Crippen LogP contribution in [0.2, 0.25) is 0 Å². The summed E-state index contributed by atoms with van der Waals surface area (Å²) >= 11 is 0. The molecule has 0 radical (unpaired) electrons. The fraction of sp³-hybridized carbons (Fsp3) is 1.00. The monoisotopic (exact) mass is 238 g/mol. The number of hydrogen-bond acceptors (Lipinski definition) is 0. The van der Waals surface area contributed by atoms with E-state index in [1.165, 1.54) is 0 Å². The van der Waals surface area contributed by atoms with Crippen molar-refractivity contribution < 1.29 is 32.1 Å². The van der Waals surface area contributed by atoms with Crippen LogP contribution in [0.5, 0.6) is 0 Å². The standard InChI is InChI=1S/C8H13F6N/c1-5(2)3-4-6(9,15)7(10,11)8(12,13)14/h5H,3-4,15H2,1-2H3/p+1. The average Bonchev–Trinajstić information content (AvgIpc) is 1.98. The van der Waals surface area contributed by atoms with Crippen molar-refractivity contribution in [2.45, 2.75) is 44.6 Å². The second-order valence-electron chi connectivity index (χ2n) is 3.97. The normalized spacial score (nSPS) is 18.0. The molecule has 15 heavy (non-hydrogen) atoms. The van der Waals surface area contributed by atoms with Crippen LogP contribution in [0.3, 0.4) is 0 Å². The molecule has 3 N–H and O–H groups in total. The molecule has 92 valence electrons. The number of hydrogen-bond donors (Lipinski definition) is 1. The highest BCUT2D eigenvalue weighted by Crippen LogP contribution is 2.44. The summed E-state index contributed by atoms with van der Waals surface area (Å²) < 4.78 is 73.8. The number of alkyl halides is 6. The van der Waals surface area contributed by atoms with E-state index in [1.807, 2.05) is 0 Å². The van der Waals surface area contributed by atoms with Crippen LogP contribution in [0.4, 0.5) is 26.3 Å². The van der Waals surface area contributed by atoms with Crippen LogP contribution in [0.25, 0.3) is 0 Å². The van der Waals surface area contributed by atoms with Crippen LogP contribution in [-0.2, 0) is 0 Å². The Balaban J connectivity index is 4.70. The molecule has 0 spiro atoms. The summed E-state index contributed by atoms with van der Waals surface area (Å²) in [4.78, 5) is 0. The highest BCUT2D eigenvalue weighted by Gasteiger charge is 2.72. The molecule has 7 heteroatoms. The van der Waals surface area contributed by atoms with Crippen LogP contribution in [0.1, 0.15) is 26.7 Å². The number of halogens is 6. The summed E-state index contributed by atoms with van der Waals surface area (Å²) in [6.07, 6.45) is -6.90. The van der Waals surface area contributed by atoms with Crippen LogP contribution in [0.15, 0.2) is 0 Å². The SMILES string of the molecule is CC(C)CCC([NH3+])(F)C(F)(F)C(F)(F)F. The van der Waals surface area contributed by atoms with Crippen molar-refractivity contribution in [3.63, 3.8) is 0 Å². The van der Waals surface area contributed by atoms with Gasteiger partial charge in [0.2, 0.25) is 0 Å². The van der Waals surface area contributed by atoms with Gasteiger partial charge in [-0.2, -0.15) is 26.3 Å². The van der Waals surface area contributed by atoms with E-state index in [1.54, 1.807) is 13.8 Å². The molecule has 0 aromatic rings. The molecule has 0 saturated heterocycles. The van der Waals surface area contributed by atoms with Gasteiger partial charge in [-0.15, -0.1) is 0 Å². The van der Waals surface area contributed by atoms with Crippen molar-refractivity contribution in [2.24, 2.45) is 5.92 Å². The topological polar surface area (TPSA) is 27.6 Å². The average molecular weight is 238 g/mol. The van der Waals surface area contributed by atoms with Gasteiger partial charge in [-0.3, -0.25) is 0 Å². The lowest BCUT2D eigenvalue weighted by Gasteiger charge is -2.28. The lowest BCUT2D eigenvalue weighted by molar-refractivity contribution is -0.588. The van der Waals surface area contributed by atoms with Crippen LogP contribution in [0, 0.1) is 5.92 Å². The number of rotatable bonds is 4. The largest absolute Gasteiger partial charge is 0.463 e. The molecule has 0 aromatic carbocycles. The van der Waals surface area contributed by atoms with Crippen molar-refractivity contribution >= 4 is 0 Å². The maximum absolute atomic E-state index is 13.1. The minimum absolute atomic E-state index is 0.0777. The van der Waals surface area contributed by atoms with Crippen molar-refractivity contribution in [3.8, 4) is 0 Å². The van der Waals surface area contributed by atoms with Gasteiger partial charge in [0, 0.05) is 6.42 Å². The lowest BCUT2D eigenvalue weighted by atomic mass is 9.97. The Labute approximate surface area is 83.6 Å². The van der Waals surface area contributed by atoms with E-state index in [0.717, 1.165) is 0 Å². The Hall–Kier alpha value is -0.460. The summed E-state index contributed by atoms with van der Waals surface area (Å²) in [5, 5.41) is 0. The molecule has 0 amide bonds. The zero-order valence-corrected chi connectivity index (χ0v) is 8.47. The van der Waals surface area contributed by atoms with E-state index in [-0.39, 0.29) is 12.3 Å². The van der Waals surface area contributed by atoms with Crippen molar-refractivity contribution in [3.05, 3.63) is 0 Å². The van der Waals surface area contributed by atoms with Crippen LogP contribution >= 0.6 is 0 Å². The predicted octanol–water partition coefficient (Wildman–Crippen LogP) is 2.53. The highest BCUT2D eigenvalue weighted by molar-refractivity contribution is 4.89. The Kier molecular flexibility index (Phi) is 4.06. The Morgan fingerprint density at radius 2 is 1.40 bits per heavy atom. The fourth-order valence-corrected chi connectivity index (χ4v) is 0.928. The first-order valence-electron chi connectivity index (χ1n) is 4.40. The van der Waals surface area contributed by atoms with E-state index in [9.17, 15) is 26.3 Å². The van der Waals surface area contributed by atoms with Gasteiger partial charge >= 0.3 is 17.9 Å². The summed E-state index contributed by atoms with van der Waals surface area (Å²) in [6.45, 7) is 3.20. The number of quaternary nitrogens is 1. The molecule has 0 aliphatic rings. The summed E-state index contributed by atoms with van der Waals surface area (Å²) in [5.41, 5.74) is 2.34. The second-order valence-corrected chi connectivity index (χ2v) is 3.97. The lowest BCUT2D eigenvalue weighted by Crippen LogP contribution is -2.80. The van der Waals surface area contributed by atoms with Crippen LogP contribution < -0.4 is 5.73 Å². The molecular formula is C8H14F6N+. The minimum Gasteiger partial charge on any atom is -0.321 e. The zero-order chi connectivity index (χ0) is 12.5. The smallest absolute Gasteiger partial charge is 0.321 e. The first-order chi connectivity index (χ1) is 6.42. The maximum Gasteiger partial charge on any atom is 0.463 e. The van der Waals surface area contributed by atoms with Gasteiger partial charge in [-0.25, -0.2) is 0 Å². The molecule has 1 nitrogen and oxygen atoms in total. The molecule has 1 atom stereocenters. The molecular weight excluding hydrogens is 224 g/mol. The van der Waals surface area contributed by atoms with E-state index < -0.39 is 24.3 Å². The second kappa shape index (κ2) is 4.19. The third-order valence-corrected chi connectivity index (χ3v) is 2.04. The van der Waals surface area contributed by atoms with Crippen molar-refractivity contribution in [2.75, 3.05) is 0 Å². The predicted molar refractivity (Wildman–Crippen MR) is 41.8 cm³/mol. The molecule has 0 heterocycles. The Morgan fingerprint density at radius 1 is 1.00 bits per heavy atom. The third kappa shape index (κ3) is 3.25. The van der Waals surface area contributed by atoms with Gasteiger partial charge in [0.25, 0.3) is 0 Å². The summed E-state index contributed by atoms with van der Waals surface area (Å²) in [7, 11) is 0. The zero-order valence-electron chi connectivity index (χ0n) is 8.47. The molecule has 0 bridgehead atoms. The van der Waals surface area contributed by atoms with Gasteiger partial charge in [0.05, 0.1) is 0 Å². The van der Waals surface area contributed by atoms with Gasteiger partial charge in [0.15, 0.2) is 0 Å². The fourth-order valence-electron chi connectivity index (χ4n) is 0.928. The van der Waals surface area contributed by atoms with Crippen molar-refractivity contribution in [1.82, 2.24) is 0 Å². The van der Waals surface area contributed by atoms with E-state index in [4.69, 9.17) is 0 Å². The minimum atomic E-state index is -5.90. The van der Waals surface area contributed by atoms with Gasteiger partial charge in [-0.1, -0.05) is 13.8 Å². The van der Waals surface area contributed by atoms with Gasteiger partial charge in [-0.05, 0) is 12.3 Å². The highest BCUT2D eigenvalue weighted by atomic mass is 19.4. The van der Waals surface area contributed by atoms with Gasteiger partial charge in [0.1, 0.15) is 0 Å². The summed E-state index contributed by atoms with van der Waals surface area (Å²) in [6, 6.07) is 0. The summed E-state index contributed by atoms with van der Waals surface area (Å²) in [5.74, 6) is -9.37. The Bertz CT molecular complexity index is 208. The first kappa shape index (κ1) is 14.5. The molecule has 0 aromatic heterocycles. The Morgan fingerprint density at radius 3 is 1.67 bits per heavy atom. The third-order valence-electron chi connectivity index (χ3n) is 2.04. The van der Waals surface area contributed by atoms with E-state index in [0.29, 0.717) is 0 Å². The van der Waals surface area contributed by atoms with Gasteiger partial charge < -0.3 is 5.73 Å². The molecule has 0 aliphatic carbocycles. The van der Waals surface area contributed by atoms with Crippen LogP contribution in [-0.4, -0.2) is 17.9 Å². The molecule has 1 unspecified atom stereocenters. The maximum atomic E-state index is 13.1. The first-order valence-corrected chi connectivity index (χ1v) is 4.40. The molecule has 0 fully saturated rings.